The molecule has 2 aromatic rings. The molecule has 5 heteroatoms. The van der Waals surface area contributed by atoms with Crippen molar-refractivity contribution in [1.29, 1.82) is 0 Å². The molecule has 0 bridgehead atoms. The molecular weight excluding hydrogens is 358 g/mol. The standard InChI is InChI=1S/C22H29NO3S/c1-18-9-11-20(12-10-18)27(24,25)23-15-13-22(19-7-5-4-6-8-19)14-16-26-21(2,3)17-22/h4-12,23H,13-17H2,1-3H3/t22-/m1/s1. The maximum atomic E-state index is 12.6. The minimum atomic E-state index is -3.50. The van der Waals surface area contributed by atoms with E-state index in [1.54, 1.807) is 12.1 Å². The van der Waals surface area contributed by atoms with Crippen LogP contribution in [0.2, 0.25) is 0 Å². The van der Waals surface area contributed by atoms with Gasteiger partial charge in [0.15, 0.2) is 0 Å². The highest BCUT2D eigenvalue weighted by molar-refractivity contribution is 7.89. The van der Waals surface area contributed by atoms with Gasteiger partial charge in [-0.2, -0.15) is 0 Å². The van der Waals surface area contributed by atoms with Gasteiger partial charge in [-0.05, 0) is 57.7 Å². The lowest BCUT2D eigenvalue weighted by Crippen LogP contribution is -2.45. The first-order valence-electron chi connectivity index (χ1n) is 9.48. The third-order valence-corrected chi connectivity index (χ3v) is 6.93. The number of ether oxygens (including phenoxy) is 1. The van der Waals surface area contributed by atoms with Crippen LogP contribution in [0, 0.1) is 6.92 Å². The molecule has 1 fully saturated rings. The van der Waals surface area contributed by atoms with Crippen LogP contribution in [0.3, 0.4) is 0 Å². The molecule has 146 valence electrons. The molecule has 0 aliphatic carbocycles. The number of aryl methyl sites for hydroxylation is 1. The van der Waals surface area contributed by atoms with E-state index in [-0.39, 0.29) is 11.0 Å². The Labute approximate surface area is 163 Å². The van der Waals surface area contributed by atoms with Crippen LogP contribution in [-0.2, 0) is 20.2 Å². The Hall–Kier alpha value is -1.69. The molecule has 1 saturated heterocycles. The maximum Gasteiger partial charge on any atom is 0.240 e. The van der Waals surface area contributed by atoms with Crippen molar-refractivity contribution in [2.45, 2.75) is 55.9 Å². The molecule has 0 radical (unpaired) electrons. The zero-order valence-corrected chi connectivity index (χ0v) is 17.2. The summed E-state index contributed by atoms with van der Waals surface area (Å²) in [5.74, 6) is 0. The number of nitrogens with one attached hydrogen (secondary N) is 1. The number of benzene rings is 2. The predicted molar refractivity (Wildman–Crippen MR) is 108 cm³/mol. The molecule has 4 nitrogen and oxygen atoms in total. The van der Waals surface area contributed by atoms with Crippen LogP contribution >= 0.6 is 0 Å². The highest BCUT2D eigenvalue weighted by Crippen LogP contribution is 2.43. The zero-order chi connectivity index (χ0) is 19.5. The van der Waals surface area contributed by atoms with E-state index in [1.165, 1.54) is 5.56 Å². The lowest BCUT2D eigenvalue weighted by molar-refractivity contribution is -0.0837. The van der Waals surface area contributed by atoms with Gasteiger partial charge in [0.05, 0.1) is 10.5 Å². The van der Waals surface area contributed by atoms with Crippen molar-refractivity contribution in [2.75, 3.05) is 13.2 Å². The Morgan fingerprint density at radius 2 is 1.70 bits per heavy atom. The van der Waals surface area contributed by atoms with Crippen molar-refractivity contribution in [3.05, 3.63) is 65.7 Å². The second kappa shape index (κ2) is 7.74. The number of hydrogen-bond donors (Lipinski definition) is 1. The van der Waals surface area contributed by atoms with Gasteiger partial charge in [-0.25, -0.2) is 13.1 Å². The van der Waals surface area contributed by atoms with E-state index in [0.717, 1.165) is 24.8 Å². The third-order valence-electron chi connectivity index (χ3n) is 5.45. The summed E-state index contributed by atoms with van der Waals surface area (Å²) < 4.78 is 34.0. The van der Waals surface area contributed by atoms with Crippen LogP contribution < -0.4 is 4.72 Å². The second-order valence-corrected chi connectivity index (χ2v) is 9.91. The number of sulfonamides is 1. The summed E-state index contributed by atoms with van der Waals surface area (Å²) in [5.41, 5.74) is 2.00. The van der Waals surface area contributed by atoms with Gasteiger partial charge >= 0.3 is 0 Å². The monoisotopic (exact) mass is 387 g/mol. The van der Waals surface area contributed by atoms with E-state index >= 15 is 0 Å². The Morgan fingerprint density at radius 3 is 2.33 bits per heavy atom. The molecule has 0 aromatic heterocycles. The molecule has 1 aliphatic heterocycles. The van der Waals surface area contributed by atoms with Gasteiger partial charge in [0.2, 0.25) is 10.0 Å². The molecule has 1 heterocycles. The van der Waals surface area contributed by atoms with Crippen LogP contribution in [0.15, 0.2) is 59.5 Å². The van der Waals surface area contributed by atoms with Gasteiger partial charge in [-0.1, -0.05) is 48.0 Å². The fraction of sp³-hybridized carbons (Fsp3) is 0.455. The largest absolute Gasteiger partial charge is 0.376 e. The molecule has 1 atom stereocenters. The molecule has 0 unspecified atom stereocenters. The first kappa shape index (κ1) is 20.1. The summed E-state index contributed by atoms with van der Waals surface area (Å²) in [6.45, 7) is 7.26. The molecule has 1 N–H and O–H groups in total. The average Bonchev–Trinajstić information content (AvgIpc) is 2.62. The molecule has 1 aliphatic rings. The van der Waals surface area contributed by atoms with E-state index in [4.69, 9.17) is 4.74 Å². The Balaban J connectivity index is 1.77. The second-order valence-electron chi connectivity index (χ2n) is 8.14. The predicted octanol–water partition coefficient (Wildman–Crippen LogP) is 4.19. The molecule has 0 saturated carbocycles. The zero-order valence-electron chi connectivity index (χ0n) is 16.4. The van der Waals surface area contributed by atoms with Gasteiger partial charge in [0.25, 0.3) is 0 Å². The summed E-state index contributed by atoms with van der Waals surface area (Å²) in [7, 11) is -3.50. The molecule has 0 amide bonds. The lowest BCUT2D eigenvalue weighted by atomic mass is 9.67. The lowest BCUT2D eigenvalue weighted by Gasteiger charge is -2.45. The maximum absolute atomic E-state index is 12.6. The van der Waals surface area contributed by atoms with Crippen molar-refractivity contribution in [2.24, 2.45) is 0 Å². The van der Waals surface area contributed by atoms with E-state index in [2.05, 4.69) is 42.8 Å². The van der Waals surface area contributed by atoms with Crippen molar-refractivity contribution in [3.8, 4) is 0 Å². The van der Waals surface area contributed by atoms with Crippen molar-refractivity contribution in [3.63, 3.8) is 0 Å². The topological polar surface area (TPSA) is 55.4 Å². The van der Waals surface area contributed by atoms with Gasteiger partial charge in [-0.15, -0.1) is 0 Å². The Bertz CT molecular complexity index is 860. The van der Waals surface area contributed by atoms with E-state index in [0.29, 0.717) is 18.0 Å². The number of hydrogen-bond acceptors (Lipinski definition) is 3. The van der Waals surface area contributed by atoms with Crippen LogP contribution in [-0.4, -0.2) is 27.2 Å². The number of rotatable bonds is 6. The van der Waals surface area contributed by atoms with Gasteiger partial charge in [0.1, 0.15) is 0 Å². The summed E-state index contributed by atoms with van der Waals surface area (Å²) in [4.78, 5) is 0.314. The van der Waals surface area contributed by atoms with Gasteiger partial charge in [-0.3, -0.25) is 0 Å². The Kier molecular flexibility index (Phi) is 5.75. The van der Waals surface area contributed by atoms with E-state index in [9.17, 15) is 8.42 Å². The molecule has 0 spiro atoms. The van der Waals surface area contributed by atoms with Crippen molar-refractivity contribution < 1.29 is 13.2 Å². The fourth-order valence-electron chi connectivity index (χ4n) is 4.10. The summed E-state index contributed by atoms with van der Waals surface area (Å²) >= 11 is 0. The minimum absolute atomic E-state index is 0.0845. The summed E-state index contributed by atoms with van der Waals surface area (Å²) in [5, 5.41) is 0. The van der Waals surface area contributed by atoms with Crippen LogP contribution in [0.5, 0.6) is 0 Å². The van der Waals surface area contributed by atoms with Crippen LogP contribution in [0.25, 0.3) is 0 Å². The van der Waals surface area contributed by atoms with E-state index in [1.807, 2.05) is 25.1 Å². The quantitative estimate of drug-likeness (QED) is 0.809. The molecule has 3 rings (SSSR count). The van der Waals surface area contributed by atoms with E-state index < -0.39 is 10.0 Å². The fourth-order valence-corrected chi connectivity index (χ4v) is 5.13. The summed E-state index contributed by atoms with van der Waals surface area (Å²) in [6, 6.07) is 17.4. The first-order valence-corrected chi connectivity index (χ1v) is 11.0. The van der Waals surface area contributed by atoms with Gasteiger partial charge < -0.3 is 4.74 Å². The highest BCUT2D eigenvalue weighted by Gasteiger charge is 2.41. The smallest absolute Gasteiger partial charge is 0.240 e. The third kappa shape index (κ3) is 4.78. The van der Waals surface area contributed by atoms with Crippen molar-refractivity contribution >= 4 is 10.0 Å². The Morgan fingerprint density at radius 1 is 1.04 bits per heavy atom. The van der Waals surface area contributed by atoms with Gasteiger partial charge in [0, 0.05) is 18.6 Å². The van der Waals surface area contributed by atoms with Crippen molar-refractivity contribution in [1.82, 2.24) is 4.72 Å². The van der Waals surface area contributed by atoms with Crippen LogP contribution in [0.4, 0.5) is 0 Å². The first-order chi connectivity index (χ1) is 12.7. The summed E-state index contributed by atoms with van der Waals surface area (Å²) in [6.07, 6.45) is 2.51. The normalized spacial score (nSPS) is 22.5. The minimum Gasteiger partial charge on any atom is -0.376 e. The molecule has 27 heavy (non-hydrogen) atoms. The van der Waals surface area contributed by atoms with Crippen LogP contribution in [0.1, 0.15) is 44.2 Å². The molecule has 2 aromatic carbocycles. The highest BCUT2D eigenvalue weighted by atomic mass is 32.2. The average molecular weight is 388 g/mol. The molecular formula is C22H29NO3S. The SMILES string of the molecule is Cc1ccc(S(=O)(=O)NCC[C@@]2(c3ccccc3)CCOC(C)(C)C2)cc1.